The topological polar surface area (TPSA) is 48.2 Å². The fourth-order valence-corrected chi connectivity index (χ4v) is 1.58. The van der Waals surface area contributed by atoms with Gasteiger partial charge in [-0.2, -0.15) is 4.98 Å². The first-order valence-corrected chi connectivity index (χ1v) is 5.68. The molecule has 4 nitrogen and oxygen atoms in total. The van der Waals surface area contributed by atoms with Crippen molar-refractivity contribution in [2.45, 2.75) is 19.2 Å². The highest BCUT2D eigenvalue weighted by atomic mass is 35.5. The van der Waals surface area contributed by atoms with Crippen LogP contribution in [0.5, 0.6) is 5.75 Å². The van der Waals surface area contributed by atoms with E-state index >= 15 is 0 Å². The van der Waals surface area contributed by atoms with E-state index in [1.807, 2.05) is 25.1 Å². The quantitative estimate of drug-likeness (QED) is 0.786. The summed E-state index contributed by atoms with van der Waals surface area (Å²) in [6.45, 7) is 3.79. The fraction of sp³-hybridized carbons (Fsp3) is 0.333. The number of alkyl halides is 1. The summed E-state index contributed by atoms with van der Waals surface area (Å²) in [4.78, 5) is 4.24. The third-order valence-corrected chi connectivity index (χ3v) is 2.58. The third kappa shape index (κ3) is 2.42. The van der Waals surface area contributed by atoms with Gasteiger partial charge in [0.25, 0.3) is 5.89 Å². The maximum atomic E-state index is 5.89. The molecule has 0 N–H and O–H groups in total. The normalized spacial score (nSPS) is 12.5. The second-order valence-electron chi connectivity index (χ2n) is 3.78. The number of rotatable bonds is 3. The van der Waals surface area contributed by atoms with Crippen molar-refractivity contribution in [2.75, 3.05) is 7.11 Å². The monoisotopic (exact) mass is 252 g/mol. The summed E-state index contributed by atoms with van der Waals surface area (Å²) in [7, 11) is 1.61. The van der Waals surface area contributed by atoms with E-state index < -0.39 is 0 Å². The van der Waals surface area contributed by atoms with Gasteiger partial charge in [0.15, 0.2) is 5.82 Å². The van der Waals surface area contributed by atoms with Crippen molar-refractivity contribution >= 4 is 11.6 Å². The molecule has 1 atom stereocenters. The molecule has 1 aromatic carbocycles. The van der Waals surface area contributed by atoms with Gasteiger partial charge in [0.05, 0.1) is 18.1 Å². The van der Waals surface area contributed by atoms with Crippen molar-refractivity contribution in [3.05, 3.63) is 29.6 Å². The molecule has 90 valence electrons. The number of hydrogen-bond donors (Lipinski definition) is 0. The number of hydrogen-bond acceptors (Lipinski definition) is 4. The predicted molar refractivity (Wildman–Crippen MR) is 65.3 cm³/mol. The highest BCUT2D eigenvalue weighted by molar-refractivity contribution is 6.20. The van der Waals surface area contributed by atoms with E-state index in [2.05, 4.69) is 10.1 Å². The predicted octanol–water partition coefficient (Wildman–Crippen LogP) is 3.35. The van der Waals surface area contributed by atoms with Gasteiger partial charge in [0.2, 0.25) is 0 Å². The average Bonchev–Trinajstić information content (AvgIpc) is 2.78. The fourth-order valence-electron chi connectivity index (χ4n) is 1.49. The van der Waals surface area contributed by atoms with Gasteiger partial charge in [-0.25, -0.2) is 0 Å². The lowest BCUT2D eigenvalue weighted by Gasteiger charge is -2.05. The van der Waals surface area contributed by atoms with Gasteiger partial charge in [-0.3, -0.25) is 0 Å². The van der Waals surface area contributed by atoms with Crippen molar-refractivity contribution in [2.24, 2.45) is 0 Å². The summed E-state index contributed by atoms with van der Waals surface area (Å²) in [6.07, 6.45) is 0. The molecule has 0 bridgehead atoms. The van der Waals surface area contributed by atoms with Gasteiger partial charge in [-0.05, 0) is 26.0 Å². The summed E-state index contributed by atoms with van der Waals surface area (Å²) in [5.74, 6) is 1.60. The Bertz CT molecular complexity index is 523. The summed E-state index contributed by atoms with van der Waals surface area (Å²) < 4.78 is 10.4. The molecule has 1 aromatic heterocycles. The first-order valence-electron chi connectivity index (χ1n) is 5.24. The minimum Gasteiger partial charge on any atom is -0.496 e. The number of aryl methyl sites for hydroxylation is 1. The van der Waals surface area contributed by atoms with E-state index in [0.717, 1.165) is 11.1 Å². The van der Waals surface area contributed by atoms with Crippen LogP contribution in [-0.2, 0) is 0 Å². The molecular weight excluding hydrogens is 240 g/mol. The van der Waals surface area contributed by atoms with Crippen LogP contribution in [0.3, 0.4) is 0 Å². The van der Waals surface area contributed by atoms with Crippen LogP contribution in [0.15, 0.2) is 22.7 Å². The van der Waals surface area contributed by atoms with Crippen molar-refractivity contribution in [3.63, 3.8) is 0 Å². The molecule has 0 aliphatic rings. The first-order chi connectivity index (χ1) is 8.11. The Kier molecular flexibility index (Phi) is 3.33. The first kappa shape index (κ1) is 11.9. The minimum absolute atomic E-state index is 0.275. The summed E-state index contributed by atoms with van der Waals surface area (Å²) in [5.41, 5.74) is 1.88. The van der Waals surface area contributed by atoms with Gasteiger partial charge in [0.1, 0.15) is 5.75 Å². The molecule has 1 unspecified atom stereocenters. The number of benzene rings is 1. The Balaban J connectivity index is 2.47. The van der Waals surface area contributed by atoms with Crippen LogP contribution in [0, 0.1) is 6.92 Å². The smallest absolute Gasteiger partial charge is 0.261 e. The number of halogens is 1. The Hall–Kier alpha value is -1.55. The Morgan fingerprint density at radius 2 is 2.18 bits per heavy atom. The van der Waals surface area contributed by atoms with Gasteiger partial charge in [-0.1, -0.05) is 16.8 Å². The number of ether oxygens (including phenoxy) is 1. The van der Waals surface area contributed by atoms with Crippen molar-refractivity contribution in [3.8, 4) is 17.2 Å². The van der Waals surface area contributed by atoms with E-state index in [-0.39, 0.29) is 5.38 Å². The van der Waals surface area contributed by atoms with Crippen LogP contribution >= 0.6 is 11.6 Å². The van der Waals surface area contributed by atoms with Crippen LogP contribution < -0.4 is 4.74 Å². The molecule has 2 rings (SSSR count). The molecule has 0 saturated heterocycles. The highest BCUT2D eigenvalue weighted by Crippen LogP contribution is 2.30. The molecule has 0 radical (unpaired) electrons. The summed E-state index contributed by atoms with van der Waals surface area (Å²) in [5, 5.41) is 3.55. The van der Waals surface area contributed by atoms with Gasteiger partial charge < -0.3 is 9.26 Å². The van der Waals surface area contributed by atoms with Crippen molar-refractivity contribution in [1.29, 1.82) is 0 Å². The Labute approximate surface area is 105 Å². The van der Waals surface area contributed by atoms with E-state index in [9.17, 15) is 0 Å². The van der Waals surface area contributed by atoms with E-state index in [1.165, 1.54) is 0 Å². The maximum Gasteiger partial charge on any atom is 0.261 e. The van der Waals surface area contributed by atoms with Crippen molar-refractivity contribution < 1.29 is 9.26 Å². The number of aromatic nitrogens is 2. The van der Waals surface area contributed by atoms with Crippen LogP contribution in [0.2, 0.25) is 0 Å². The molecule has 2 aromatic rings. The zero-order chi connectivity index (χ0) is 12.4. The van der Waals surface area contributed by atoms with E-state index in [4.69, 9.17) is 20.9 Å². The highest BCUT2D eigenvalue weighted by Gasteiger charge is 2.16. The van der Waals surface area contributed by atoms with Gasteiger partial charge in [0, 0.05) is 0 Å². The molecule has 0 amide bonds. The third-order valence-electron chi connectivity index (χ3n) is 2.38. The van der Waals surface area contributed by atoms with E-state index in [0.29, 0.717) is 17.5 Å². The largest absolute Gasteiger partial charge is 0.496 e. The molecule has 0 aliphatic carbocycles. The summed E-state index contributed by atoms with van der Waals surface area (Å²) >= 11 is 5.89. The standard InChI is InChI=1S/C12H13ClN2O2/c1-7-4-5-10(16-3)9(6-7)12-14-11(8(2)13)15-17-12/h4-6,8H,1-3H3. The Morgan fingerprint density at radius 3 is 2.76 bits per heavy atom. The molecule has 17 heavy (non-hydrogen) atoms. The van der Waals surface area contributed by atoms with Crippen LogP contribution in [0.1, 0.15) is 23.7 Å². The van der Waals surface area contributed by atoms with Gasteiger partial charge in [-0.15, -0.1) is 11.6 Å². The maximum absolute atomic E-state index is 5.89. The Morgan fingerprint density at radius 1 is 1.41 bits per heavy atom. The average molecular weight is 253 g/mol. The lowest BCUT2D eigenvalue weighted by molar-refractivity contribution is 0.402. The molecular formula is C12H13ClN2O2. The summed E-state index contributed by atoms with van der Waals surface area (Å²) in [6, 6.07) is 5.78. The van der Waals surface area contributed by atoms with Crippen molar-refractivity contribution in [1.82, 2.24) is 10.1 Å². The molecule has 0 aliphatic heterocycles. The van der Waals surface area contributed by atoms with Crippen LogP contribution in [0.25, 0.3) is 11.5 Å². The molecule has 5 heteroatoms. The number of methoxy groups -OCH3 is 1. The molecule has 0 fully saturated rings. The molecule has 0 spiro atoms. The SMILES string of the molecule is COc1ccc(C)cc1-c1nc(C(C)Cl)no1. The van der Waals surface area contributed by atoms with Gasteiger partial charge >= 0.3 is 0 Å². The molecule has 0 saturated carbocycles. The minimum atomic E-state index is -0.275. The second-order valence-corrected chi connectivity index (χ2v) is 4.43. The van der Waals surface area contributed by atoms with Crippen LogP contribution in [0.4, 0.5) is 0 Å². The number of nitrogens with zero attached hydrogens (tertiary/aromatic N) is 2. The lowest BCUT2D eigenvalue weighted by Crippen LogP contribution is -1.90. The molecule has 1 heterocycles. The second kappa shape index (κ2) is 4.75. The zero-order valence-electron chi connectivity index (χ0n) is 9.90. The zero-order valence-corrected chi connectivity index (χ0v) is 10.7. The van der Waals surface area contributed by atoms with Crippen LogP contribution in [-0.4, -0.2) is 17.3 Å². The lowest BCUT2D eigenvalue weighted by atomic mass is 10.1. The van der Waals surface area contributed by atoms with E-state index in [1.54, 1.807) is 14.0 Å².